The van der Waals surface area contributed by atoms with Crippen molar-refractivity contribution in [1.29, 1.82) is 0 Å². The lowest BCUT2D eigenvalue weighted by molar-refractivity contribution is -0.127. The van der Waals surface area contributed by atoms with E-state index in [9.17, 15) is 4.79 Å². The van der Waals surface area contributed by atoms with Gasteiger partial charge in [0.2, 0.25) is 0 Å². The Kier molecular flexibility index (Phi) is 3.13. The van der Waals surface area contributed by atoms with Crippen LogP contribution in [0.25, 0.3) is 0 Å². The molecule has 1 heteroatoms. The summed E-state index contributed by atoms with van der Waals surface area (Å²) in [5.41, 5.74) is 1.22. The Balaban J connectivity index is 2.17. The zero-order valence-electron chi connectivity index (χ0n) is 10.2. The average Bonchev–Trinajstić information content (AvgIpc) is 2.40. The Morgan fingerprint density at radius 1 is 1.19 bits per heavy atom. The van der Waals surface area contributed by atoms with Crippen LogP contribution in [-0.2, 0) is 4.79 Å². The van der Waals surface area contributed by atoms with E-state index >= 15 is 0 Å². The first-order valence-corrected chi connectivity index (χ1v) is 6.18. The Morgan fingerprint density at radius 3 is 2.56 bits per heavy atom. The molecule has 1 saturated carbocycles. The van der Waals surface area contributed by atoms with Gasteiger partial charge in [-0.1, -0.05) is 50.6 Å². The van der Waals surface area contributed by atoms with E-state index in [4.69, 9.17) is 0 Å². The predicted molar refractivity (Wildman–Crippen MR) is 66.4 cm³/mol. The summed E-state index contributed by atoms with van der Waals surface area (Å²) in [5.74, 6) is 0.870. The van der Waals surface area contributed by atoms with Crippen molar-refractivity contribution in [2.75, 3.05) is 0 Å². The van der Waals surface area contributed by atoms with E-state index in [1.54, 1.807) is 0 Å². The largest absolute Gasteiger partial charge is 0.299 e. The van der Waals surface area contributed by atoms with Crippen LogP contribution in [0, 0.1) is 5.41 Å². The van der Waals surface area contributed by atoms with Gasteiger partial charge < -0.3 is 0 Å². The molecule has 0 radical (unpaired) electrons. The molecule has 1 aliphatic carbocycles. The van der Waals surface area contributed by atoms with Crippen LogP contribution in [0.3, 0.4) is 0 Å². The van der Waals surface area contributed by atoms with Crippen molar-refractivity contribution in [3.05, 3.63) is 35.9 Å². The average molecular weight is 216 g/mol. The molecule has 1 unspecified atom stereocenters. The molecule has 0 amide bonds. The molecule has 0 bridgehead atoms. The monoisotopic (exact) mass is 216 g/mol. The molecule has 0 heterocycles. The first kappa shape index (κ1) is 11.4. The zero-order chi connectivity index (χ0) is 11.6. The molecule has 1 aliphatic rings. The molecular formula is C15H20O. The summed E-state index contributed by atoms with van der Waals surface area (Å²) in [7, 11) is 0. The summed E-state index contributed by atoms with van der Waals surface area (Å²) in [6.07, 6.45) is 4.07. The van der Waals surface area contributed by atoms with Crippen molar-refractivity contribution in [1.82, 2.24) is 0 Å². The number of hydrogen-bond donors (Lipinski definition) is 0. The minimum atomic E-state index is -0.108. The van der Waals surface area contributed by atoms with Gasteiger partial charge in [0, 0.05) is 11.8 Å². The van der Waals surface area contributed by atoms with Gasteiger partial charge in [-0.05, 0) is 24.3 Å². The highest BCUT2D eigenvalue weighted by Gasteiger charge is 2.32. The molecule has 0 aliphatic heterocycles. The molecule has 2 rings (SSSR count). The van der Waals surface area contributed by atoms with E-state index in [1.165, 1.54) is 5.56 Å². The Labute approximate surface area is 97.9 Å². The number of benzene rings is 1. The van der Waals surface area contributed by atoms with Crippen LogP contribution < -0.4 is 0 Å². The third-order valence-electron chi connectivity index (χ3n) is 3.81. The van der Waals surface area contributed by atoms with Gasteiger partial charge >= 0.3 is 0 Å². The van der Waals surface area contributed by atoms with Crippen LogP contribution in [-0.4, -0.2) is 5.78 Å². The summed E-state index contributed by atoms with van der Waals surface area (Å²) < 4.78 is 0. The maximum absolute atomic E-state index is 12.1. The van der Waals surface area contributed by atoms with Crippen LogP contribution in [0.15, 0.2) is 30.3 Å². The number of rotatable bonds is 1. The second-order valence-corrected chi connectivity index (χ2v) is 5.51. The maximum Gasteiger partial charge on any atom is 0.139 e. The summed E-state index contributed by atoms with van der Waals surface area (Å²) in [6, 6.07) is 10.5. The topological polar surface area (TPSA) is 17.1 Å². The lowest BCUT2D eigenvalue weighted by Gasteiger charge is -2.20. The van der Waals surface area contributed by atoms with E-state index in [1.807, 2.05) is 6.07 Å². The Morgan fingerprint density at radius 2 is 1.88 bits per heavy atom. The predicted octanol–water partition coefficient (Wildman–Crippen LogP) is 3.94. The van der Waals surface area contributed by atoms with Gasteiger partial charge in [0.05, 0.1) is 0 Å². The van der Waals surface area contributed by atoms with E-state index in [0.717, 1.165) is 25.7 Å². The second kappa shape index (κ2) is 4.40. The molecule has 0 saturated heterocycles. The number of ketones is 1. The fraction of sp³-hybridized carbons (Fsp3) is 0.533. The molecule has 1 aromatic rings. The molecule has 0 aromatic heterocycles. The molecule has 1 nitrogen and oxygen atoms in total. The van der Waals surface area contributed by atoms with Crippen molar-refractivity contribution in [2.24, 2.45) is 5.41 Å². The highest BCUT2D eigenvalue weighted by Crippen LogP contribution is 2.37. The molecule has 1 aromatic carbocycles. The first-order chi connectivity index (χ1) is 7.59. The lowest BCUT2D eigenvalue weighted by Crippen LogP contribution is -2.23. The van der Waals surface area contributed by atoms with E-state index in [-0.39, 0.29) is 5.41 Å². The quantitative estimate of drug-likeness (QED) is 0.650. The molecule has 0 spiro atoms. The summed E-state index contributed by atoms with van der Waals surface area (Å²) in [4.78, 5) is 12.1. The van der Waals surface area contributed by atoms with E-state index < -0.39 is 0 Å². The van der Waals surface area contributed by atoms with Gasteiger partial charge in [0.1, 0.15) is 5.78 Å². The third kappa shape index (κ3) is 2.34. The van der Waals surface area contributed by atoms with Crippen molar-refractivity contribution in [3.8, 4) is 0 Å². The highest BCUT2D eigenvalue weighted by molar-refractivity contribution is 5.85. The highest BCUT2D eigenvalue weighted by atomic mass is 16.1. The minimum Gasteiger partial charge on any atom is -0.299 e. The number of Topliss-reactive ketones (excluding diaryl/α,β-unsaturated/α-hetero) is 1. The molecule has 86 valence electrons. The molecular weight excluding hydrogens is 196 g/mol. The molecule has 16 heavy (non-hydrogen) atoms. The van der Waals surface area contributed by atoms with Crippen molar-refractivity contribution < 1.29 is 4.79 Å². The van der Waals surface area contributed by atoms with Gasteiger partial charge in [-0.3, -0.25) is 4.79 Å². The minimum absolute atomic E-state index is 0.108. The van der Waals surface area contributed by atoms with Crippen LogP contribution in [0.4, 0.5) is 0 Å². The summed E-state index contributed by atoms with van der Waals surface area (Å²) >= 11 is 0. The van der Waals surface area contributed by atoms with E-state index in [2.05, 4.69) is 38.1 Å². The van der Waals surface area contributed by atoms with Gasteiger partial charge in [-0.25, -0.2) is 0 Å². The number of hydrogen-bond acceptors (Lipinski definition) is 1. The van der Waals surface area contributed by atoms with Crippen LogP contribution in [0.1, 0.15) is 51.0 Å². The second-order valence-electron chi connectivity index (χ2n) is 5.51. The van der Waals surface area contributed by atoms with Crippen molar-refractivity contribution in [2.45, 2.75) is 45.4 Å². The smallest absolute Gasteiger partial charge is 0.139 e. The van der Waals surface area contributed by atoms with Crippen molar-refractivity contribution in [3.63, 3.8) is 0 Å². The summed E-state index contributed by atoms with van der Waals surface area (Å²) in [5, 5.41) is 0. The fourth-order valence-electron chi connectivity index (χ4n) is 2.54. The number of carbonyl (C=O) groups is 1. The van der Waals surface area contributed by atoms with Crippen LogP contribution >= 0.6 is 0 Å². The van der Waals surface area contributed by atoms with Crippen molar-refractivity contribution >= 4 is 5.78 Å². The first-order valence-electron chi connectivity index (χ1n) is 6.18. The van der Waals surface area contributed by atoms with Gasteiger partial charge in [0.25, 0.3) is 0 Å². The van der Waals surface area contributed by atoms with Gasteiger partial charge in [-0.2, -0.15) is 0 Å². The van der Waals surface area contributed by atoms with Gasteiger partial charge in [-0.15, -0.1) is 0 Å². The fourth-order valence-corrected chi connectivity index (χ4v) is 2.54. The molecule has 1 fully saturated rings. The lowest BCUT2D eigenvalue weighted by atomic mass is 9.83. The molecule has 1 atom stereocenters. The molecule has 0 N–H and O–H groups in total. The maximum atomic E-state index is 12.1. The SMILES string of the molecule is CC1(C)CCCC(c2ccccc2)CC1=O. The Hall–Kier alpha value is -1.11. The standard InChI is InChI=1S/C15H20O/c1-15(2)10-6-9-13(11-14(15)16)12-7-4-3-5-8-12/h3-5,7-8,13H,6,9-11H2,1-2H3. The normalized spacial score (nSPS) is 25.1. The third-order valence-corrected chi connectivity index (χ3v) is 3.81. The Bertz CT molecular complexity index is 364. The van der Waals surface area contributed by atoms with Gasteiger partial charge in [0.15, 0.2) is 0 Å². The van der Waals surface area contributed by atoms with Crippen LogP contribution in [0.2, 0.25) is 0 Å². The number of carbonyl (C=O) groups excluding carboxylic acids is 1. The summed E-state index contributed by atoms with van der Waals surface area (Å²) in [6.45, 7) is 4.17. The van der Waals surface area contributed by atoms with Crippen LogP contribution in [0.5, 0.6) is 0 Å². The van der Waals surface area contributed by atoms with E-state index in [0.29, 0.717) is 11.7 Å². The zero-order valence-corrected chi connectivity index (χ0v) is 10.2.